The Morgan fingerprint density at radius 2 is 1.72 bits per heavy atom. The number of phenolic OH excluding ortho intramolecular Hbond substituents is 1. The average molecular weight is 265 g/mol. The van der Waals surface area contributed by atoms with Gasteiger partial charge >= 0.3 is 0 Å². The minimum absolute atomic E-state index is 0. The molecule has 5 heteroatoms. The van der Waals surface area contributed by atoms with Crippen molar-refractivity contribution >= 4 is 18.3 Å². The standard InChI is InChI=1S/C13H12N2O2.ClH/c14-15-13(17)11-8-4-7-10(12(11)16)9-5-2-1-3-6-9;/h1-8,16H,14H2,(H,15,17);1H. The zero-order valence-corrected chi connectivity index (χ0v) is 10.3. The Bertz CT molecular complexity index is 544. The summed E-state index contributed by atoms with van der Waals surface area (Å²) in [6, 6.07) is 14.3. The fourth-order valence-electron chi connectivity index (χ4n) is 1.66. The molecule has 0 aliphatic carbocycles. The highest BCUT2D eigenvalue weighted by atomic mass is 35.5. The Morgan fingerprint density at radius 1 is 1.06 bits per heavy atom. The number of rotatable bonds is 2. The second kappa shape index (κ2) is 6.05. The molecule has 0 spiro atoms. The quantitative estimate of drug-likeness (QED) is 0.442. The SMILES string of the molecule is Cl.NNC(=O)c1cccc(-c2ccccc2)c1O. The molecule has 2 aromatic carbocycles. The summed E-state index contributed by atoms with van der Waals surface area (Å²) in [5, 5.41) is 10.0. The van der Waals surface area contributed by atoms with Crippen molar-refractivity contribution in [3.63, 3.8) is 0 Å². The van der Waals surface area contributed by atoms with Crippen LogP contribution in [0.2, 0.25) is 0 Å². The van der Waals surface area contributed by atoms with Crippen LogP contribution in [0.25, 0.3) is 11.1 Å². The van der Waals surface area contributed by atoms with E-state index in [9.17, 15) is 9.90 Å². The second-order valence-electron chi connectivity index (χ2n) is 3.54. The van der Waals surface area contributed by atoms with Crippen LogP contribution in [0.1, 0.15) is 10.4 Å². The Balaban J connectivity index is 0.00000162. The number of hydrogen-bond donors (Lipinski definition) is 3. The van der Waals surface area contributed by atoms with E-state index in [0.717, 1.165) is 5.56 Å². The molecule has 4 N–H and O–H groups in total. The molecule has 2 rings (SSSR count). The number of carbonyl (C=O) groups excluding carboxylic acids is 1. The van der Waals surface area contributed by atoms with E-state index < -0.39 is 5.91 Å². The van der Waals surface area contributed by atoms with Gasteiger partial charge in [0, 0.05) is 5.56 Å². The number of nitrogen functional groups attached to an aromatic ring is 1. The number of aromatic hydroxyl groups is 1. The van der Waals surface area contributed by atoms with Crippen molar-refractivity contribution in [3.05, 3.63) is 54.1 Å². The minimum atomic E-state index is -0.514. The molecule has 94 valence electrons. The molecule has 0 heterocycles. The predicted molar refractivity (Wildman–Crippen MR) is 72.4 cm³/mol. The third kappa shape index (κ3) is 2.61. The molecule has 4 nitrogen and oxygen atoms in total. The Labute approximate surface area is 111 Å². The molecule has 0 fully saturated rings. The number of hydrazine groups is 1. The lowest BCUT2D eigenvalue weighted by molar-refractivity contribution is 0.0951. The lowest BCUT2D eigenvalue weighted by Gasteiger charge is -2.08. The van der Waals surface area contributed by atoms with E-state index >= 15 is 0 Å². The van der Waals surface area contributed by atoms with E-state index in [0.29, 0.717) is 5.56 Å². The molecule has 0 saturated heterocycles. The molecule has 2 aromatic rings. The first-order valence-corrected chi connectivity index (χ1v) is 5.12. The highest BCUT2D eigenvalue weighted by molar-refractivity contribution is 5.98. The minimum Gasteiger partial charge on any atom is -0.506 e. The predicted octanol–water partition coefficient (Wildman–Crippen LogP) is 2.08. The molecular formula is C13H13ClN2O2. The first-order chi connectivity index (χ1) is 8.24. The van der Waals surface area contributed by atoms with E-state index in [1.54, 1.807) is 12.1 Å². The van der Waals surface area contributed by atoms with Crippen LogP contribution in [0.4, 0.5) is 0 Å². The van der Waals surface area contributed by atoms with Gasteiger partial charge in [-0.3, -0.25) is 10.2 Å². The fourth-order valence-corrected chi connectivity index (χ4v) is 1.66. The number of nitrogens with two attached hydrogens (primary N) is 1. The van der Waals surface area contributed by atoms with Crippen molar-refractivity contribution in [3.8, 4) is 16.9 Å². The number of nitrogens with one attached hydrogen (secondary N) is 1. The van der Waals surface area contributed by atoms with Gasteiger partial charge < -0.3 is 5.11 Å². The molecule has 0 aliphatic heterocycles. The third-order valence-corrected chi connectivity index (χ3v) is 2.50. The molecule has 0 unspecified atom stereocenters. The molecular weight excluding hydrogens is 252 g/mol. The maximum atomic E-state index is 11.4. The summed E-state index contributed by atoms with van der Waals surface area (Å²) in [5.74, 6) is 4.47. The van der Waals surface area contributed by atoms with Crippen LogP contribution in [-0.4, -0.2) is 11.0 Å². The number of benzene rings is 2. The zero-order chi connectivity index (χ0) is 12.3. The maximum Gasteiger partial charge on any atom is 0.268 e. The van der Waals surface area contributed by atoms with Crippen molar-refractivity contribution < 1.29 is 9.90 Å². The van der Waals surface area contributed by atoms with E-state index in [-0.39, 0.29) is 23.7 Å². The molecule has 0 saturated carbocycles. The Morgan fingerprint density at radius 3 is 2.33 bits per heavy atom. The first kappa shape index (κ1) is 14.0. The van der Waals surface area contributed by atoms with Gasteiger partial charge in [0.2, 0.25) is 0 Å². The van der Waals surface area contributed by atoms with Crippen LogP contribution in [0, 0.1) is 0 Å². The van der Waals surface area contributed by atoms with Crippen LogP contribution >= 0.6 is 12.4 Å². The molecule has 1 amide bonds. The van der Waals surface area contributed by atoms with Crippen LogP contribution in [-0.2, 0) is 0 Å². The molecule has 0 radical (unpaired) electrons. The van der Waals surface area contributed by atoms with Gasteiger partial charge in [-0.05, 0) is 11.6 Å². The fraction of sp³-hybridized carbons (Fsp3) is 0. The van der Waals surface area contributed by atoms with Crippen molar-refractivity contribution in [2.75, 3.05) is 0 Å². The van der Waals surface area contributed by atoms with Gasteiger partial charge in [-0.2, -0.15) is 0 Å². The maximum absolute atomic E-state index is 11.4. The molecule has 0 aromatic heterocycles. The largest absolute Gasteiger partial charge is 0.506 e. The summed E-state index contributed by atoms with van der Waals surface area (Å²) in [6.07, 6.45) is 0. The number of carbonyl (C=O) groups is 1. The van der Waals surface area contributed by atoms with Crippen molar-refractivity contribution in [1.82, 2.24) is 5.43 Å². The third-order valence-electron chi connectivity index (χ3n) is 2.50. The number of para-hydroxylation sites is 1. The summed E-state index contributed by atoms with van der Waals surface area (Å²) >= 11 is 0. The van der Waals surface area contributed by atoms with E-state index in [1.807, 2.05) is 35.8 Å². The van der Waals surface area contributed by atoms with Crippen molar-refractivity contribution in [2.24, 2.45) is 5.84 Å². The smallest absolute Gasteiger partial charge is 0.268 e. The van der Waals surface area contributed by atoms with E-state index in [2.05, 4.69) is 0 Å². The summed E-state index contributed by atoms with van der Waals surface area (Å²) in [5.41, 5.74) is 3.61. The van der Waals surface area contributed by atoms with Crippen LogP contribution < -0.4 is 11.3 Å². The van der Waals surface area contributed by atoms with Gasteiger partial charge in [0.25, 0.3) is 5.91 Å². The van der Waals surface area contributed by atoms with Gasteiger partial charge in [0.05, 0.1) is 5.56 Å². The van der Waals surface area contributed by atoms with Crippen molar-refractivity contribution in [1.29, 1.82) is 0 Å². The van der Waals surface area contributed by atoms with Crippen LogP contribution in [0.3, 0.4) is 0 Å². The van der Waals surface area contributed by atoms with Crippen LogP contribution in [0.5, 0.6) is 5.75 Å². The summed E-state index contributed by atoms with van der Waals surface area (Å²) in [4.78, 5) is 11.4. The van der Waals surface area contributed by atoms with Crippen LogP contribution in [0.15, 0.2) is 48.5 Å². The molecule has 18 heavy (non-hydrogen) atoms. The number of halogens is 1. The van der Waals surface area contributed by atoms with Crippen molar-refractivity contribution in [2.45, 2.75) is 0 Å². The lowest BCUT2D eigenvalue weighted by atomic mass is 10.0. The van der Waals surface area contributed by atoms with Gasteiger partial charge in [-0.25, -0.2) is 5.84 Å². The summed E-state index contributed by atoms with van der Waals surface area (Å²) in [7, 11) is 0. The number of hydrogen-bond acceptors (Lipinski definition) is 3. The topological polar surface area (TPSA) is 75.3 Å². The molecule has 0 aliphatic rings. The zero-order valence-electron chi connectivity index (χ0n) is 9.46. The highest BCUT2D eigenvalue weighted by Crippen LogP contribution is 2.31. The van der Waals surface area contributed by atoms with E-state index in [1.165, 1.54) is 6.07 Å². The van der Waals surface area contributed by atoms with Gasteiger partial charge in [0.15, 0.2) is 0 Å². The summed E-state index contributed by atoms with van der Waals surface area (Å²) < 4.78 is 0. The normalized spacial score (nSPS) is 9.39. The van der Waals surface area contributed by atoms with E-state index in [4.69, 9.17) is 5.84 Å². The highest BCUT2D eigenvalue weighted by Gasteiger charge is 2.13. The van der Waals surface area contributed by atoms with Gasteiger partial charge in [0.1, 0.15) is 5.75 Å². The first-order valence-electron chi connectivity index (χ1n) is 5.12. The Kier molecular flexibility index (Phi) is 4.71. The average Bonchev–Trinajstić information content (AvgIpc) is 2.39. The Hall–Kier alpha value is -2.04. The second-order valence-corrected chi connectivity index (χ2v) is 3.54. The summed E-state index contributed by atoms with van der Waals surface area (Å²) in [6.45, 7) is 0. The number of phenols is 1. The van der Waals surface area contributed by atoms with Gasteiger partial charge in [-0.1, -0.05) is 42.5 Å². The van der Waals surface area contributed by atoms with Gasteiger partial charge in [-0.15, -0.1) is 12.4 Å². The molecule has 0 atom stereocenters. The molecule has 0 bridgehead atoms. The number of amides is 1. The monoisotopic (exact) mass is 264 g/mol. The lowest BCUT2D eigenvalue weighted by Crippen LogP contribution is -2.30.